The molecule has 78 valence electrons. The molecule has 2 aliphatic carbocycles. The van der Waals surface area contributed by atoms with Crippen LogP contribution >= 0.6 is 0 Å². The average molecular weight is 198 g/mol. The lowest BCUT2D eigenvalue weighted by atomic mass is 10.0. The van der Waals surface area contributed by atoms with Gasteiger partial charge in [-0.05, 0) is 24.7 Å². The van der Waals surface area contributed by atoms with Crippen LogP contribution in [0.5, 0.6) is 0 Å². The summed E-state index contributed by atoms with van der Waals surface area (Å²) in [6.45, 7) is 0. The van der Waals surface area contributed by atoms with Crippen LogP contribution in [-0.4, -0.2) is 33.5 Å². The highest BCUT2D eigenvalue weighted by Gasteiger charge is 2.55. The molecule has 0 saturated heterocycles. The second-order valence-corrected chi connectivity index (χ2v) is 4.18. The first-order valence-corrected chi connectivity index (χ1v) is 4.87. The van der Waals surface area contributed by atoms with Gasteiger partial charge in [0.25, 0.3) is 0 Å². The highest BCUT2D eigenvalue weighted by Crippen LogP contribution is 2.52. The molecule has 1 fully saturated rings. The van der Waals surface area contributed by atoms with Gasteiger partial charge in [0.05, 0.1) is 18.1 Å². The van der Waals surface area contributed by atoms with Crippen LogP contribution in [-0.2, 0) is 4.79 Å². The molecule has 4 atom stereocenters. The zero-order valence-corrected chi connectivity index (χ0v) is 7.71. The summed E-state index contributed by atoms with van der Waals surface area (Å²) in [4.78, 5) is 10.8. The predicted octanol–water partition coefficient (Wildman–Crippen LogP) is 0.00500. The number of carbonyl (C=O) groups is 1. The van der Waals surface area contributed by atoms with Crippen LogP contribution in [0.4, 0.5) is 0 Å². The number of fused-ring (bicyclic) bond motifs is 1. The van der Waals surface area contributed by atoms with Gasteiger partial charge in [0.2, 0.25) is 0 Å². The Balaban J connectivity index is 2.07. The Hall–Kier alpha value is -0.870. The van der Waals surface area contributed by atoms with Gasteiger partial charge in [-0.25, -0.2) is 0 Å². The molecule has 0 aromatic rings. The number of aliphatic hydroxyl groups is 2. The maximum atomic E-state index is 10.8. The maximum Gasteiger partial charge on any atom is 0.307 e. The van der Waals surface area contributed by atoms with E-state index in [4.69, 9.17) is 5.11 Å². The van der Waals surface area contributed by atoms with Crippen molar-refractivity contribution in [2.75, 3.05) is 0 Å². The number of aliphatic hydroxyl groups excluding tert-OH is 2. The fourth-order valence-electron chi connectivity index (χ4n) is 2.43. The van der Waals surface area contributed by atoms with Crippen molar-refractivity contribution in [3.8, 4) is 0 Å². The molecule has 3 N–H and O–H groups in total. The lowest BCUT2D eigenvalue weighted by Gasteiger charge is -2.11. The van der Waals surface area contributed by atoms with Gasteiger partial charge in [0, 0.05) is 0 Å². The first-order valence-electron chi connectivity index (χ1n) is 4.87. The summed E-state index contributed by atoms with van der Waals surface area (Å²) < 4.78 is 0. The van der Waals surface area contributed by atoms with E-state index in [-0.39, 0.29) is 17.8 Å². The van der Waals surface area contributed by atoms with Gasteiger partial charge in [-0.2, -0.15) is 0 Å². The monoisotopic (exact) mass is 198 g/mol. The van der Waals surface area contributed by atoms with E-state index < -0.39 is 18.2 Å². The van der Waals surface area contributed by atoms with Crippen LogP contribution in [0.2, 0.25) is 0 Å². The summed E-state index contributed by atoms with van der Waals surface area (Å²) in [6, 6.07) is 0. The van der Waals surface area contributed by atoms with Crippen molar-refractivity contribution in [3.63, 3.8) is 0 Å². The Morgan fingerprint density at radius 3 is 1.86 bits per heavy atom. The van der Waals surface area contributed by atoms with Gasteiger partial charge in [-0.1, -0.05) is 12.2 Å². The Morgan fingerprint density at radius 1 is 1.07 bits per heavy atom. The number of carboxylic acids is 1. The second-order valence-electron chi connectivity index (χ2n) is 4.18. The smallest absolute Gasteiger partial charge is 0.307 e. The van der Waals surface area contributed by atoms with E-state index in [9.17, 15) is 15.0 Å². The molecule has 2 aliphatic rings. The molecular weight excluding hydrogens is 184 g/mol. The highest BCUT2D eigenvalue weighted by molar-refractivity contribution is 5.74. The van der Waals surface area contributed by atoms with Crippen LogP contribution < -0.4 is 0 Å². The molecule has 14 heavy (non-hydrogen) atoms. The fourth-order valence-corrected chi connectivity index (χ4v) is 2.43. The van der Waals surface area contributed by atoms with Crippen LogP contribution in [0.3, 0.4) is 0 Å². The van der Waals surface area contributed by atoms with Gasteiger partial charge in [-0.15, -0.1) is 0 Å². The molecule has 0 bridgehead atoms. The molecule has 0 heterocycles. The maximum absolute atomic E-state index is 10.8. The van der Waals surface area contributed by atoms with E-state index >= 15 is 0 Å². The van der Waals surface area contributed by atoms with E-state index in [0.29, 0.717) is 12.8 Å². The molecule has 4 heteroatoms. The molecule has 0 aromatic carbocycles. The molecule has 0 aliphatic heterocycles. The Kier molecular flexibility index (Phi) is 2.33. The molecule has 4 nitrogen and oxygen atoms in total. The van der Waals surface area contributed by atoms with Gasteiger partial charge in [0.1, 0.15) is 0 Å². The van der Waals surface area contributed by atoms with Crippen LogP contribution in [0.1, 0.15) is 12.8 Å². The van der Waals surface area contributed by atoms with E-state index in [1.165, 1.54) is 0 Å². The third-order valence-electron chi connectivity index (χ3n) is 3.20. The summed E-state index contributed by atoms with van der Waals surface area (Å²) in [7, 11) is 0. The Labute approximate surface area is 81.9 Å². The molecule has 0 spiro atoms. The van der Waals surface area contributed by atoms with Gasteiger partial charge in [-0.3, -0.25) is 4.79 Å². The van der Waals surface area contributed by atoms with E-state index in [2.05, 4.69) is 0 Å². The zero-order valence-electron chi connectivity index (χ0n) is 7.71. The van der Waals surface area contributed by atoms with E-state index in [0.717, 1.165) is 0 Å². The van der Waals surface area contributed by atoms with Crippen molar-refractivity contribution >= 4 is 5.97 Å². The van der Waals surface area contributed by atoms with Crippen molar-refractivity contribution in [3.05, 3.63) is 12.2 Å². The summed E-state index contributed by atoms with van der Waals surface area (Å²) in [5.74, 6) is -1.08. The number of hydrogen-bond donors (Lipinski definition) is 3. The van der Waals surface area contributed by atoms with Crippen LogP contribution in [0, 0.1) is 17.8 Å². The first kappa shape index (κ1) is 9.68. The third-order valence-corrected chi connectivity index (χ3v) is 3.20. The average Bonchev–Trinajstić information content (AvgIpc) is 2.72. The SMILES string of the molecule is O=C(O)C1C2CC(O)/C=C/C(O)CC21. The van der Waals surface area contributed by atoms with Crippen molar-refractivity contribution in [1.29, 1.82) is 0 Å². The molecular formula is C10H14O4. The molecule has 0 amide bonds. The quantitative estimate of drug-likeness (QED) is 0.518. The lowest BCUT2D eigenvalue weighted by molar-refractivity contribution is -0.139. The molecule has 0 aromatic heterocycles. The van der Waals surface area contributed by atoms with Crippen molar-refractivity contribution < 1.29 is 20.1 Å². The van der Waals surface area contributed by atoms with Crippen molar-refractivity contribution in [1.82, 2.24) is 0 Å². The topological polar surface area (TPSA) is 77.8 Å². The summed E-state index contributed by atoms with van der Waals surface area (Å²) in [5.41, 5.74) is 0. The standard InChI is InChI=1S/C10H14O4/c11-5-1-2-6(12)4-8-7(3-5)9(8)10(13)14/h1-2,5-9,11-12H,3-4H2,(H,13,14)/b2-1+. The van der Waals surface area contributed by atoms with E-state index in [1.54, 1.807) is 12.2 Å². The van der Waals surface area contributed by atoms with Gasteiger partial charge in [0.15, 0.2) is 0 Å². The van der Waals surface area contributed by atoms with Crippen molar-refractivity contribution in [2.45, 2.75) is 25.0 Å². The van der Waals surface area contributed by atoms with E-state index in [1.807, 2.05) is 0 Å². The normalized spacial score (nSPS) is 48.6. The number of hydrogen-bond acceptors (Lipinski definition) is 3. The number of carboxylic acid groups (broad SMARTS) is 1. The van der Waals surface area contributed by atoms with Gasteiger partial charge >= 0.3 is 5.97 Å². The Morgan fingerprint density at radius 2 is 1.50 bits per heavy atom. The first-order chi connectivity index (χ1) is 6.59. The van der Waals surface area contributed by atoms with Gasteiger partial charge < -0.3 is 15.3 Å². The predicted molar refractivity (Wildman–Crippen MR) is 48.5 cm³/mol. The third kappa shape index (κ3) is 1.67. The summed E-state index contributed by atoms with van der Waals surface area (Å²) in [5, 5.41) is 27.7. The van der Waals surface area contributed by atoms with Crippen LogP contribution in [0.25, 0.3) is 0 Å². The minimum atomic E-state index is -0.804. The molecule has 0 radical (unpaired) electrons. The fraction of sp³-hybridized carbons (Fsp3) is 0.700. The second kappa shape index (κ2) is 3.37. The van der Waals surface area contributed by atoms with Crippen molar-refractivity contribution in [2.24, 2.45) is 17.8 Å². The molecule has 4 unspecified atom stereocenters. The molecule has 1 saturated carbocycles. The molecule has 2 rings (SSSR count). The number of aliphatic carboxylic acids is 1. The van der Waals surface area contributed by atoms with Crippen LogP contribution in [0.15, 0.2) is 12.2 Å². The zero-order chi connectivity index (χ0) is 10.3. The number of rotatable bonds is 1. The minimum Gasteiger partial charge on any atom is -0.481 e. The summed E-state index contributed by atoms with van der Waals surface area (Å²) >= 11 is 0. The largest absolute Gasteiger partial charge is 0.481 e. The lowest BCUT2D eigenvalue weighted by Crippen LogP contribution is -2.12. The minimum absolute atomic E-state index is 0.0436. The summed E-state index contributed by atoms with van der Waals surface area (Å²) in [6.07, 6.45) is 2.90. The highest BCUT2D eigenvalue weighted by atomic mass is 16.4. The Bertz CT molecular complexity index is 253.